The number of amides is 1. The molecule has 0 aliphatic carbocycles. The summed E-state index contributed by atoms with van der Waals surface area (Å²) in [5.41, 5.74) is 7.74. The SMILES string of the molecule is NNC(=O)c1c(N)ccnc1C(=O)c1cncnc1. The van der Waals surface area contributed by atoms with E-state index in [9.17, 15) is 9.59 Å². The lowest BCUT2D eigenvalue weighted by molar-refractivity contribution is 0.0941. The summed E-state index contributed by atoms with van der Waals surface area (Å²) >= 11 is 0. The van der Waals surface area contributed by atoms with E-state index in [2.05, 4.69) is 15.0 Å². The highest BCUT2D eigenvalue weighted by molar-refractivity contribution is 6.15. The quantitative estimate of drug-likeness (QED) is 0.286. The van der Waals surface area contributed by atoms with Gasteiger partial charge >= 0.3 is 0 Å². The number of carbonyl (C=O) groups excluding carboxylic acids is 2. The molecule has 0 aliphatic rings. The minimum Gasteiger partial charge on any atom is -0.398 e. The fourth-order valence-corrected chi connectivity index (χ4v) is 1.51. The highest BCUT2D eigenvalue weighted by Gasteiger charge is 2.22. The van der Waals surface area contributed by atoms with Gasteiger partial charge in [-0.1, -0.05) is 0 Å². The number of nitrogen functional groups attached to an aromatic ring is 2. The molecule has 0 unspecified atom stereocenters. The second-order valence-electron chi connectivity index (χ2n) is 3.55. The predicted molar refractivity (Wildman–Crippen MR) is 65.8 cm³/mol. The van der Waals surface area contributed by atoms with Gasteiger partial charge in [0.25, 0.3) is 5.91 Å². The second kappa shape index (κ2) is 5.19. The van der Waals surface area contributed by atoms with Crippen LogP contribution in [0.2, 0.25) is 0 Å². The van der Waals surface area contributed by atoms with Crippen LogP contribution >= 0.6 is 0 Å². The Balaban J connectivity index is 2.54. The highest BCUT2D eigenvalue weighted by Crippen LogP contribution is 2.17. The molecule has 2 aromatic rings. The third-order valence-corrected chi connectivity index (χ3v) is 2.38. The molecular formula is C11H10N6O2. The Labute approximate surface area is 107 Å². The van der Waals surface area contributed by atoms with Gasteiger partial charge in [-0.2, -0.15) is 0 Å². The van der Waals surface area contributed by atoms with E-state index in [0.29, 0.717) is 0 Å². The van der Waals surface area contributed by atoms with Gasteiger partial charge in [-0.3, -0.25) is 20.0 Å². The fourth-order valence-electron chi connectivity index (χ4n) is 1.51. The van der Waals surface area contributed by atoms with Crippen LogP contribution in [0.25, 0.3) is 0 Å². The Kier molecular flexibility index (Phi) is 3.44. The maximum atomic E-state index is 12.2. The molecule has 0 fully saturated rings. The van der Waals surface area contributed by atoms with Crippen molar-refractivity contribution < 1.29 is 9.59 Å². The van der Waals surface area contributed by atoms with Gasteiger partial charge in [0, 0.05) is 24.3 Å². The summed E-state index contributed by atoms with van der Waals surface area (Å²) in [4.78, 5) is 35.2. The number of nitrogens with one attached hydrogen (secondary N) is 1. The van der Waals surface area contributed by atoms with E-state index in [1.165, 1.54) is 31.0 Å². The summed E-state index contributed by atoms with van der Waals surface area (Å²) in [6.07, 6.45) is 5.27. The van der Waals surface area contributed by atoms with E-state index in [1.807, 2.05) is 5.43 Å². The first-order valence-corrected chi connectivity index (χ1v) is 5.20. The van der Waals surface area contributed by atoms with Crippen LogP contribution in [0.4, 0.5) is 5.69 Å². The van der Waals surface area contributed by atoms with Crippen molar-refractivity contribution in [2.75, 3.05) is 5.73 Å². The molecule has 0 spiro atoms. The molecule has 5 N–H and O–H groups in total. The van der Waals surface area contributed by atoms with Crippen LogP contribution in [0.1, 0.15) is 26.4 Å². The van der Waals surface area contributed by atoms with E-state index in [0.717, 1.165) is 0 Å². The zero-order chi connectivity index (χ0) is 13.8. The molecule has 0 atom stereocenters. The maximum absolute atomic E-state index is 12.2. The molecule has 96 valence electrons. The lowest BCUT2D eigenvalue weighted by Gasteiger charge is -2.08. The highest BCUT2D eigenvalue weighted by atomic mass is 16.2. The van der Waals surface area contributed by atoms with Gasteiger partial charge in [-0.25, -0.2) is 15.8 Å². The molecule has 8 heteroatoms. The summed E-state index contributed by atoms with van der Waals surface area (Å²) in [7, 11) is 0. The first-order valence-electron chi connectivity index (χ1n) is 5.20. The zero-order valence-electron chi connectivity index (χ0n) is 9.70. The predicted octanol–water partition coefficient (Wildman–Crippen LogP) is -0.712. The van der Waals surface area contributed by atoms with Gasteiger partial charge in [-0.15, -0.1) is 0 Å². The van der Waals surface area contributed by atoms with Crippen molar-refractivity contribution in [1.29, 1.82) is 0 Å². The van der Waals surface area contributed by atoms with Crippen LogP contribution in [-0.2, 0) is 0 Å². The standard InChI is InChI=1S/C11H10N6O2/c12-7-1-2-16-9(8(7)11(19)17-13)10(18)6-3-14-5-15-4-6/h1-5H,13H2,(H2,12,16)(H,17,19). The number of pyridine rings is 1. The number of carbonyl (C=O) groups is 2. The lowest BCUT2D eigenvalue weighted by Crippen LogP contribution is -2.32. The molecule has 0 bridgehead atoms. The Morgan fingerprint density at radius 2 is 1.89 bits per heavy atom. The fraction of sp³-hybridized carbons (Fsp3) is 0. The average molecular weight is 258 g/mol. The molecule has 2 aromatic heterocycles. The van der Waals surface area contributed by atoms with Crippen molar-refractivity contribution >= 4 is 17.4 Å². The van der Waals surface area contributed by atoms with Crippen LogP contribution < -0.4 is 17.0 Å². The van der Waals surface area contributed by atoms with Crippen molar-refractivity contribution in [3.05, 3.63) is 47.8 Å². The van der Waals surface area contributed by atoms with Crippen LogP contribution in [0, 0.1) is 0 Å². The molecule has 0 saturated heterocycles. The largest absolute Gasteiger partial charge is 0.398 e. The topological polar surface area (TPSA) is 137 Å². The minimum absolute atomic E-state index is 0.0705. The lowest BCUT2D eigenvalue weighted by atomic mass is 10.0. The van der Waals surface area contributed by atoms with E-state index < -0.39 is 11.7 Å². The van der Waals surface area contributed by atoms with E-state index in [-0.39, 0.29) is 22.5 Å². The molecule has 2 rings (SSSR count). The van der Waals surface area contributed by atoms with Gasteiger partial charge in [0.15, 0.2) is 0 Å². The third kappa shape index (κ3) is 2.38. The zero-order valence-corrected chi connectivity index (χ0v) is 9.70. The molecule has 1 amide bonds. The monoisotopic (exact) mass is 258 g/mol. The van der Waals surface area contributed by atoms with E-state index in [1.54, 1.807) is 0 Å². The van der Waals surface area contributed by atoms with Gasteiger partial charge < -0.3 is 5.73 Å². The Hall–Kier alpha value is -2.87. The normalized spacial score (nSPS) is 9.95. The number of ketones is 1. The van der Waals surface area contributed by atoms with Crippen molar-refractivity contribution in [3.63, 3.8) is 0 Å². The van der Waals surface area contributed by atoms with Gasteiger partial charge in [0.2, 0.25) is 5.78 Å². The molecule has 0 aliphatic heterocycles. The van der Waals surface area contributed by atoms with Gasteiger partial charge in [0.1, 0.15) is 12.0 Å². The number of aromatic nitrogens is 3. The number of nitrogens with two attached hydrogens (primary N) is 2. The number of hydrazine groups is 1. The summed E-state index contributed by atoms with van der Waals surface area (Å²) in [6, 6.07) is 1.41. The van der Waals surface area contributed by atoms with Crippen molar-refractivity contribution in [2.45, 2.75) is 0 Å². The summed E-state index contributed by atoms with van der Waals surface area (Å²) < 4.78 is 0. The van der Waals surface area contributed by atoms with Crippen molar-refractivity contribution in [3.8, 4) is 0 Å². The van der Waals surface area contributed by atoms with Crippen LogP contribution in [0.15, 0.2) is 31.0 Å². The number of hydrogen-bond acceptors (Lipinski definition) is 7. The van der Waals surface area contributed by atoms with Gasteiger partial charge in [0.05, 0.1) is 11.1 Å². The number of hydrogen-bond donors (Lipinski definition) is 3. The van der Waals surface area contributed by atoms with Crippen molar-refractivity contribution in [2.24, 2.45) is 5.84 Å². The summed E-state index contributed by atoms with van der Waals surface area (Å²) in [5, 5.41) is 0. The number of rotatable bonds is 3. The van der Waals surface area contributed by atoms with Gasteiger partial charge in [-0.05, 0) is 6.07 Å². The molecule has 2 heterocycles. The first-order chi connectivity index (χ1) is 9.15. The number of nitrogens with zero attached hydrogens (tertiary/aromatic N) is 3. The molecule has 19 heavy (non-hydrogen) atoms. The number of anilines is 1. The summed E-state index contributed by atoms with van der Waals surface area (Å²) in [5.74, 6) is 3.86. The van der Waals surface area contributed by atoms with Crippen LogP contribution in [0.3, 0.4) is 0 Å². The second-order valence-corrected chi connectivity index (χ2v) is 3.55. The third-order valence-electron chi connectivity index (χ3n) is 2.38. The van der Waals surface area contributed by atoms with E-state index in [4.69, 9.17) is 11.6 Å². The molecular weight excluding hydrogens is 248 g/mol. The first kappa shape index (κ1) is 12.6. The van der Waals surface area contributed by atoms with E-state index >= 15 is 0 Å². The Morgan fingerprint density at radius 3 is 2.53 bits per heavy atom. The average Bonchev–Trinajstić information content (AvgIpc) is 2.46. The minimum atomic E-state index is -0.689. The Bertz CT molecular complexity index is 628. The van der Waals surface area contributed by atoms with Crippen LogP contribution in [-0.4, -0.2) is 26.6 Å². The molecule has 0 radical (unpaired) electrons. The Morgan fingerprint density at radius 1 is 1.21 bits per heavy atom. The van der Waals surface area contributed by atoms with Crippen molar-refractivity contribution in [1.82, 2.24) is 20.4 Å². The molecule has 8 nitrogen and oxygen atoms in total. The maximum Gasteiger partial charge on any atom is 0.269 e. The molecule has 0 aromatic carbocycles. The summed E-state index contributed by atoms with van der Waals surface area (Å²) in [6.45, 7) is 0. The molecule has 0 saturated carbocycles. The smallest absolute Gasteiger partial charge is 0.269 e. The van der Waals surface area contributed by atoms with Crippen LogP contribution in [0.5, 0.6) is 0 Å².